The largest absolute Gasteiger partial charge is 0.480 e. The molecule has 2 fully saturated rings. The Morgan fingerprint density at radius 2 is 1.96 bits per heavy atom. The number of morpholine rings is 1. The van der Waals surface area contributed by atoms with Crippen LogP contribution >= 0.6 is 0 Å². The summed E-state index contributed by atoms with van der Waals surface area (Å²) in [6, 6.07) is -0.192. The maximum absolute atomic E-state index is 12.6. The first-order valence-electron chi connectivity index (χ1n) is 9.95. The number of carboxylic acid groups (broad SMARTS) is 1. The Morgan fingerprint density at radius 1 is 1.26 bits per heavy atom. The maximum Gasteiger partial charge on any atom is 0.317 e. The summed E-state index contributed by atoms with van der Waals surface area (Å²) in [5.74, 6) is -0.719. The highest BCUT2D eigenvalue weighted by Gasteiger charge is 2.27. The number of aliphatic carboxylic acids is 1. The minimum Gasteiger partial charge on any atom is -0.480 e. The summed E-state index contributed by atoms with van der Waals surface area (Å²) >= 11 is 0. The molecule has 1 aliphatic heterocycles. The van der Waals surface area contributed by atoms with E-state index in [1.165, 1.54) is 6.42 Å². The smallest absolute Gasteiger partial charge is 0.317 e. The Balaban J connectivity index is 1.75. The van der Waals surface area contributed by atoms with Gasteiger partial charge in [0.15, 0.2) is 0 Å². The van der Waals surface area contributed by atoms with Crippen LogP contribution < -0.4 is 5.32 Å². The van der Waals surface area contributed by atoms with E-state index in [9.17, 15) is 14.4 Å². The third-order valence-corrected chi connectivity index (χ3v) is 5.26. The highest BCUT2D eigenvalue weighted by molar-refractivity contribution is 5.81. The van der Waals surface area contributed by atoms with Gasteiger partial charge in [-0.05, 0) is 26.8 Å². The molecule has 0 spiro atoms. The molecule has 2 amide bonds. The molecular formula is C19H33N3O5. The van der Waals surface area contributed by atoms with Gasteiger partial charge in [0, 0.05) is 38.0 Å². The van der Waals surface area contributed by atoms with Gasteiger partial charge in [-0.1, -0.05) is 19.3 Å². The molecule has 2 unspecified atom stereocenters. The van der Waals surface area contributed by atoms with Crippen molar-refractivity contribution in [1.29, 1.82) is 0 Å². The van der Waals surface area contributed by atoms with Crippen molar-refractivity contribution in [3.05, 3.63) is 0 Å². The summed E-state index contributed by atoms with van der Waals surface area (Å²) in [6.07, 6.45) is 5.39. The van der Waals surface area contributed by atoms with Crippen molar-refractivity contribution in [2.75, 3.05) is 39.8 Å². The van der Waals surface area contributed by atoms with E-state index < -0.39 is 5.97 Å². The Labute approximate surface area is 161 Å². The number of amides is 2. The minimum atomic E-state index is -0.885. The van der Waals surface area contributed by atoms with Gasteiger partial charge in [0.1, 0.15) is 0 Å². The first kappa shape index (κ1) is 21.6. The van der Waals surface area contributed by atoms with Crippen LogP contribution in [0.1, 0.15) is 45.4 Å². The van der Waals surface area contributed by atoms with Crippen LogP contribution in [0.25, 0.3) is 0 Å². The fourth-order valence-corrected chi connectivity index (χ4v) is 3.87. The third-order valence-electron chi connectivity index (χ3n) is 5.26. The van der Waals surface area contributed by atoms with Crippen molar-refractivity contribution in [2.24, 2.45) is 5.92 Å². The minimum absolute atomic E-state index is 0.000585. The molecule has 2 atom stereocenters. The molecule has 1 heterocycles. The van der Waals surface area contributed by atoms with Crippen molar-refractivity contribution < 1.29 is 24.2 Å². The van der Waals surface area contributed by atoms with Crippen LogP contribution in [0.5, 0.6) is 0 Å². The lowest BCUT2D eigenvalue weighted by molar-refractivity contribution is -0.143. The average Bonchev–Trinajstić information content (AvgIpc) is 2.61. The van der Waals surface area contributed by atoms with E-state index in [0.717, 1.165) is 25.7 Å². The molecule has 0 bridgehead atoms. The molecule has 0 aromatic heterocycles. The van der Waals surface area contributed by atoms with E-state index in [0.29, 0.717) is 26.2 Å². The molecule has 2 aliphatic rings. The highest BCUT2D eigenvalue weighted by Crippen LogP contribution is 2.23. The van der Waals surface area contributed by atoms with Gasteiger partial charge in [-0.25, -0.2) is 0 Å². The SMILES string of the molecule is CC(CC(=O)N1CCOC(CN(C)CC(=O)O)C1)NC(=O)C1CCCCC1. The number of carbonyl (C=O) groups excluding carboxylic acids is 2. The number of hydrogen-bond acceptors (Lipinski definition) is 5. The monoisotopic (exact) mass is 383 g/mol. The van der Waals surface area contributed by atoms with E-state index in [4.69, 9.17) is 9.84 Å². The second-order valence-corrected chi connectivity index (χ2v) is 7.87. The van der Waals surface area contributed by atoms with E-state index in [1.54, 1.807) is 16.8 Å². The highest BCUT2D eigenvalue weighted by atomic mass is 16.5. The summed E-state index contributed by atoms with van der Waals surface area (Å²) in [7, 11) is 1.72. The van der Waals surface area contributed by atoms with Crippen LogP contribution in [-0.2, 0) is 19.1 Å². The molecule has 1 aliphatic carbocycles. The van der Waals surface area contributed by atoms with Gasteiger partial charge >= 0.3 is 5.97 Å². The van der Waals surface area contributed by atoms with Gasteiger partial charge in [0.25, 0.3) is 0 Å². The second kappa shape index (κ2) is 10.6. The van der Waals surface area contributed by atoms with Crippen molar-refractivity contribution in [2.45, 2.75) is 57.6 Å². The van der Waals surface area contributed by atoms with Gasteiger partial charge < -0.3 is 20.1 Å². The van der Waals surface area contributed by atoms with Gasteiger partial charge in [-0.2, -0.15) is 0 Å². The molecule has 8 nitrogen and oxygen atoms in total. The molecule has 154 valence electrons. The van der Waals surface area contributed by atoms with Crippen LogP contribution in [0.3, 0.4) is 0 Å². The molecule has 0 aromatic carbocycles. The van der Waals surface area contributed by atoms with Crippen LogP contribution in [0.4, 0.5) is 0 Å². The second-order valence-electron chi connectivity index (χ2n) is 7.87. The number of hydrogen-bond donors (Lipinski definition) is 2. The lowest BCUT2D eigenvalue weighted by Gasteiger charge is -2.35. The first-order valence-corrected chi connectivity index (χ1v) is 9.95. The topological polar surface area (TPSA) is 99.2 Å². The molecule has 8 heteroatoms. The zero-order chi connectivity index (χ0) is 19.8. The Kier molecular flexibility index (Phi) is 8.50. The van der Waals surface area contributed by atoms with Crippen LogP contribution in [0, 0.1) is 5.92 Å². The summed E-state index contributed by atoms with van der Waals surface area (Å²) < 4.78 is 5.66. The number of rotatable bonds is 8. The normalized spacial score (nSPS) is 22.5. The molecule has 2 N–H and O–H groups in total. The quantitative estimate of drug-likeness (QED) is 0.640. The predicted octanol–water partition coefficient (Wildman–Crippen LogP) is 0.705. The van der Waals surface area contributed by atoms with E-state index in [-0.39, 0.29) is 42.8 Å². The fraction of sp³-hybridized carbons (Fsp3) is 0.842. The van der Waals surface area contributed by atoms with Crippen LogP contribution in [0.15, 0.2) is 0 Å². The van der Waals surface area contributed by atoms with E-state index >= 15 is 0 Å². The number of nitrogens with zero attached hydrogens (tertiary/aromatic N) is 2. The van der Waals surface area contributed by atoms with Gasteiger partial charge in [0.05, 0.1) is 19.3 Å². The summed E-state index contributed by atoms with van der Waals surface area (Å²) in [6.45, 7) is 3.70. The molecular weight excluding hydrogens is 350 g/mol. The van der Waals surface area contributed by atoms with Gasteiger partial charge in [0.2, 0.25) is 11.8 Å². The summed E-state index contributed by atoms with van der Waals surface area (Å²) in [4.78, 5) is 39.1. The predicted molar refractivity (Wildman–Crippen MR) is 100 cm³/mol. The standard InChI is InChI=1S/C19H33N3O5/c1-14(20-19(26)15-6-4-3-5-7-15)10-17(23)22-8-9-27-16(12-22)11-21(2)13-18(24)25/h14-16H,3-13H2,1-2H3,(H,20,26)(H,24,25). The molecule has 27 heavy (non-hydrogen) atoms. The zero-order valence-corrected chi connectivity index (χ0v) is 16.5. The van der Waals surface area contributed by atoms with E-state index in [2.05, 4.69) is 5.32 Å². The Morgan fingerprint density at radius 3 is 2.63 bits per heavy atom. The van der Waals surface area contributed by atoms with Gasteiger partial charge in [-0.15, -0.1) is 0 Å². The van der Waals surface area contributed by atoms with Crippen molar-refractivity contribution in [1.82, 2.24) is 15.1 Å². The number of carboxylic acids is 1. The number of likely N-dealkylation sites (N-methyl/N-ethyl adjacent to an activating group) is 1. The van der Waals surface area contributed by atoms with Crippen LogP contribution in [0.2, 0.25) is 0 Å². The lowest BCUT2D eigenvalue weighted by Crippen LogP contribution is -2.51. The lowest BCUT2D eigenvalue weighted by atomic mass is 9.88. The number of ether oxygens (including phenoxy) is 1. The Hall–Kier alpha value is -1.67. The summed E-state index contributed by atoms with van der Waals surface area (Å²) in [5, 5.41) is 11.8. The van der Waals surface area contributed by atoms with Crippen LogP contribution in [-0.4, -0.2) is 84.7 Å². The molecule has 0 radical (unpaired) electrons. The third kappa shape index (κ3) is 7.46. The summed E-state index contributed by atoms with van der Waals surface area (Å²) in [5.41, 5.74) is 0. The maximum atomic E-state index is 12.6. The Bertz CT molecular complexity index is 521. The molecule has 0 aromatic rings. The first-order chi connectivity index (χ1) is 12.8. The van der Waals surface area contributed by atoms with Crippen molar-refractivity contribution >= 4 is 17.8 Å². The zero-order valence-electron chi connectivity index (χ0n) is 16.5. The molecule has 1 saturated carbocycles. The van der Waals surface area contributed by atoms with Crippen molar-refractivity contribution in [3.63, 3.8) is 0 Å². The van der Waals surface area contributed by atoms with Gasteiger partial charge in [-0.3, -0.25) is 19.3 Å². The molecule has 2 rings (SSSR count). The number of carbonyl (C=O) groups is 3. The fourth-order valence-electron chi connectivity index (χ4n) is 3.87. The number of nitrogens with one attached hydrogen (secondary N) is 1. The van der Waals surface area contributed by atoms with E-state index in [1.807, 2.05) is 6.92 Å². The molecule has 1 saturated heterocycles. The average molecular weight is 383 g/mol. The van der Waals surface area contributed by atoms with Crippen molar-refractivity contribution in [3.8, 4) is 0 Å².